The topological polar surface area (TPSA) is 0 Å². The minimum absolute atomic E-state index is 0.128. The molecule has 0 saturated heterocycles. The molecule has 1 aromatic heterocycles. The van der Waals surface area contributed by atoms with Gasteiger partial charge in [0.25, 0.3) is 0 Å². The number of thiophene rings is 1. The fourth-order valence-corrected chi connectivity index (χ4v) is 4.86. The molecule has 1 aliphatic carbocycles. The molecule has 0 aliphatic heterocycles. The second kappa shape index (κ2) is 4.67. The molecule has 0 fully saturated rings. The molecule has 0 spiro atoms. The molecule has 4 rings (SSSR count). The van der Waals surface area contributed by atoms with Crippen LogP contribution in [0.2, 0.25) is 0 Å². The summed E-state index contributed by atoms with van der Waals surface area (Å²) in [6.45, 7) is 0. The number of hydrogen-bond donors (Lipinski definition) is 0. The maximum atomic E-state index is 14.4. The van der Waals surface area contributed by atoms with Crippen molar-refractivity contribution in [3.63, 3.8) is 0 Å². The van der Waals surface area contributed by atoms with E-state index in [0.29, 0.717) is 0 Å². The van der Waals surface area contributed by atoms with E-state index in [1.54, 1.807) is 23.5 Å². The lowest BCUT2D eigenvalue weighted by Crippen LogP contribution is -1.96. The van der Waals surface area contributed by atoms with Gasteiger partial charge >= 0.3 is 0 Å². The SMILES string of the molecule is Fc1cccc2c1-c1ccsc1-c1ccccc1C2I. The molecule has 0 amide bonds. The lowest BCUT2D eigenvalue weighted by Gasteiger charge is -2.14. The summed E-state index contributed by atoms with van der Waals surface area (Å²) in [7, 11) is 0. The average Bonchev–Trinajstić information content (AvgIpc) is 2.91. The predicted octanol–water partition coefficient (Wildman–Crippen LogP) is 6.06. The van der Waals surface area contributed by atoms with Gasteiger partial charge in [0, 0.05) is 16.0 Å². The maximum absolute atomic E-state index is 14.4. The molecule has 3 heteroatoms. The number of alkyl halides is 1. The second-order valence-electron chi connectivity index (χ2n) is 4.82. The summed E-state index contributed by atoms with van der Waals surface area (Å²) < 4.78 is 14.6. The van der Waals surface area contributed by atoms with Crippen LogP contribution in [-0.2, 0) is 0 Å². The van der Waals surface area contributed by atoms with Gasteiger partial charge in [0.1, 0.15) is 5.82 Å². The smallest absolute Gasteiger partial charge is 0.131 e. The van der Waals surface area contributed by atoms with Crippen LogP contribution in [0.4, 0.5) is 4.39 Å². The van der Waals surface area contributed by atoms with Crippen molar-refractivity contribution in [2.45, 2.75) is 3.92 Å². The van der Waals surface area contributed by atoms with Gasteiger partial charge in [-0.05, 0) is 34.2 Å². The molecule has 0 bridgehead atoms. The van der Waals surface area contributed by atoms with Gasteiger partial charge < -0.3 is 0 Å². The molecule has 2 aromatic carbocycles. The van der Waals surface area contributed by atoms with Gasteiger partial charge in [-0.15, -0.1) is 11.3 Å². The van der Waals surface area contributed by atoms with Gasteiger partial charge in [0.05, 0.1) is 3.92 Å². The highest BCUT2D eigenvalue weighted by Gasteiger charge is 2.27. The van der Waals surface area contributed by atoms with Gasteiger partial charge in [0.2, 0.25) is 0 Å². The molecule has 3 aromatic rings. The van der Waals surface area contributed by atoms with Gasteiger partial charge in [0.15, 0.2) is 0 Å². The van der Waals surface area contributed by atoms with E-state index in [9.17, 15) is 4.39 Å². The molecule has 1 atom stereocenters. The molecule has 0 N–H and O–H groups in total. The van der Waals surface area contributed by atoms with Gasteiger partial charge in [-0.25, -0.2) is 4.39 Å². The molecule has 98 valence electrons. The summed E-state index contributed by atoms with van der Waals surface area (Å²) in [6, 6.07) is 15.8. The van der Waals surface area contributed by atoms with Crippen LogP contribution < -0.4 is 0 Å². The lowest BCUT2D eigenvalue weighted by molar-refractivity contribution is 0.630. The summed E-state index contributed by atoms with van der Waals surface area (Å²) in [5.41, 5.74) is 5.35. The highest BCUT2D eigenvalue weighted by atomic mass is 127. The van der Waals surface area contributed by atoms with Gasteiger partial charge in [-0.1, -0.05) is 59.0 Å². The number of halogens is 2. The average molecular weight is 392 g/mol. The third-order valence-corrected chi connectivity index (χ3v) is 6.02. The Morgan fingerprint density at radius 3 is 2.60 bits per heavy atom. The molecule has 0 radical (unpaired) electrons. The van der Waals surface area contributed by atoms with E-state index in [1.165, 1.54) is 16.0 Å². The second-order valence-corrected chi connectivity index (χ2v) is 6.98. The third kappa shape index (κ3) is 1.69. The van der Waals surface area contributed by atoms with Crippen molar-refractivity contribution in [2.24, 2.45) is 0 Å². The van der Waals surface area contributed by atoms with Crippen LogP contribution in [0.1, 0.15) is 15.1 Å². The van der Waals surface area contributed by atoms with Gasteiger partial charge in [-0.2, -0.15) is 0 Å². The van der Waals surface area contributed by atoms with Crippen LogP contribution in [0, 0.1) is 5.82 Å². The Hall–Kier alpha value is -1.20. The Bertz CT molecular complexity index is 806. The largest absolute Gasteiger partial charge is 0.206 e. The Morgan fingerprint density at radius 1 is 0.900 bits per heavy atom. The van der Waals surface area contributed by atoms with Crippen molar-refractivity contribution in [2.75, 3.05) is 0 Å². The summed E-state index contributed by atoms with van der Waals surface area (Å²) in [5, 5.41) is 2.05. The van der Waals surface area contributed by atoms with Crippen LogP contribution >= 0.6 is 33.9 Å². The fraction of sp³-hybridized carbons (Fsp3) is 0.0588. The minimum atomic E-state index is -0.128. The number of fused-ring (bicyclic) bond motifs is 5. The molecule has 0 saturated carbocycles. The van der Waals surface area contributed by atoms with E-state index in [-0.39, 0.29) is 9.74 Å². The number of rotatable bonds is 0. The van der Waals surface area contributed by atoms with Crippen LogP contribution in [0.25, 0.3) is 21.6 Å². The lowest BCUT2D eigenvalue weighted by atomic mass is 9.98. The van der Waals surface area contributed by atoms with E-state index >= 15 is 0 Å². The Balaban J connectivity index is 2.17. The first-order valence-corrected chi connectivity index (χ1v) is 8.49. The Labute approximate surface area is 134 Å². The normalized spacial score (nSPS) is 16.0. The summed E-state index contributed by atoms with van der Waals surface area (Å²) >= 11 is 4.10. The van der Waals surface area contributed by atoms with Crippen LogP contribution in [-0.4, -0.2) is 0 Å². The molecular weight excluding hydrogens is 382 g/mol. The van der Waals surface area contributed by atoms with Gasteiger partial charge in [-0.3, -0.25) is 0 Å². The van der Waals surface area contributed by atoms with Crippen molar-refractivity contribution in [1.29, 1.82) is 0 Å². The van der Waals surface area contributed by atoms with Crippen molar-refractivity contribution >= 4 is 33.9 Å². The quantitative estimate of drug-likeness (QED) is 0.322. The van der Waals surface area contributed by atoms with E-state index in [0.717, 1.165) is 16.7 Å². The standard InChI is InChI=1S/C17H10FIS/c18-14-7-3-6-12-15(14)13-8-9-20-17(13)11-5-2-1-4-10(11)16(12)19/h1-9,16H. The molecule has 1 heterocycles. The maximum Gasteiger partial charge on any atom is 0.131 e. The molecule has 1 aliphatic rings. The van der Waals surface area contributed by atoms with E-state index < -0.39 is 0 Å². The molecule has 0 nitrogen and oxygen atoms in total. The van der Waals surface area contributed by atoms with Crippen molar-refractivity contribution in [3.8, 4) is 21.6 Å². The predicted molar refractivity (Wildman–Crippen MR) is 91.0 cm³/mol. The molecular formula is C17H10FIS. The Morgan fingerprint density at radius 2 is 1.70 bits per heavy atom. The monoisotopic (exact) mass is 392 g/mol. The van der Waals surface area contributed by atoms with Crippen LogP contribution in [0.5, 0.6) is 0 Å². The molecule has 1 unspecified atom stereocenters. The van der Waals surface area contributed by atoms with E-state index in [1.807, 2.05) is 17.5 Å². The first-order chi connectivity index (χ1) is 9.77. The number of hydrogen-bond acceptors (Lipinski definition) is 1. The zero-order valence-corrected chi connectivity index (χ0v) is 13.4. The van der Waals surface area contributed by atoms with E-state index in [2.05, 4.69) is 46.9 Å². The third-order valence-electron chi connectivity index (χ3n) is 3.73. The van der Waals surface area contributed by atoms with Crippen molar-refractivity contribution in [3.05, 3.63) is 70.9 Å². The zero-order valence-electron chi connectivity index (χ0n) is 10.4. The minimum Gasteiger partial charge on any atom is -0.206 e. The summed E-state index contributed by atoms with van der Waals surface area (Å²) in [5.74, 6) is -0.128. The van der Waals surface area contributed by atoms with Crippen LogP contribution in [0.3, 0.4) is 0 Å². The zero-order chi connectivity index (χ0) is 13.7. The first kappa shape index (κ1) is 12.5. The van der Waals surface area contributed by atoms with E-state index in [4.69, 9.17) is 0 Å². The summed E-state index contributed by atoms with van der Waals surface area (Å²) in [4.78, 5) is 1.17. The van der Waals surface area contributed by atoms with Crippen LogP contribution in [0.15, 0.2) is 53.9 Å². The highest BCUT2D eigenvalue weighted by molar-refractivity contribution is 14.1. The molecule has 20 heavy (non-hydrogen) atoms. The highest BCUT2D eigenvalue weighted by Crippen LogP contribution is 2.50. The fourth-order valence-electron chi connectivity index (χ4n) is 2.84. The number of benzene rings is 2. The van der Waals surface area contributed by atoms with Crippen molar-refractivity contribution in [1.82, 2.24) is 0 Å². The van der Waals surface area contributed by atoms with Crippen molar-refractivity contribution < 1.29 is 4.39 Å². The summed E-state index contributed by atoms with van der Waals surface area (Å²) in [6.07, 6.45) is 0. The Kier molecular flexibility index (Phi) is 2.93. The first-order valence-electron chi connectivity index (χ1n) is 6.37.